The third-order valence-electron chi connectivity index (χ3n) is 2.79. The number of nitrogens with two attached hydrogens (primary N) is 3. The quantitative estimate of drug-likeness (QED) is 0.665. The van der Waals surface area contributed by atoms with Crippen LogP contribution in [0.15, 0.2) is 18.5 Å². The van der Waals surface area contributed by atoms with E-state index in [-0.39, 0.29) is 29.3 Å². The lowest BCUT2D eigenvalue weighted by Crippen LogP contribution is -2.20. The van der Waals surface area contributed by atoms with E-state index in [1.54, 1.807) is 12.3 Å². The molecular weight excluding hydrogens is 286 g/mol. The maximum atomic E-state index is 10.9. The number of urea groups is 1. The first kappa shape index (κ1) is 15.3. The van der Waals surface area contributed by atoms with E-state index in [0.29, 0.717) is 5.75 Å². The first-order valence-electron chi connectivity index (χ1n) is 6.49. The van der Waals surface area contributed by atoms with E-state index in [1.807, 2.05) is 13.8 Å². The number of ether oxygens (including phenoxy) is 1. The Morgan fingerprint density at radius 3 is 2.55 bits per heavy atom. The Kier molecular flexibility index (Phi) is 4.25. The van der Waals surface area contributed by atoms with Gasteiger partial charge in [-0.25, -0.2) is 14.8 Å². The van der Waals surface area contributed by atoms with E-state index in [4.69, 9.17) is 21.9 Å². The molecule has 116 valence electrons. The molecule has 9 heteroatoms. The number of rotatable bonds is 4. The number of nitrogen functional groups attached to an aromatic ring is 2. The van der Waals surface area contributed by atoms with Crippen LogP contribution in [0.3, 0.4) is 0 Å². The van der Waals surface area contributed by atoms with Gasteiger partial charge in [0, 0.05) is 17.8 Å². The molecule has 2 amide bonds. The van der Waals surface area contributed by atoms with E-state index in [0.717, 1.165) is 5.56 Å². The smallest absolute Gasteiger partial charge is 0.317 e. The van der Waals surface area contributed by atoms with Crippen LogP contribution < -0.4 is 27.3 Å². The molecule has 0 aliphatic rings. The molecule has 0 aliphatic carbocycles. The summed E-state index contributed by atoms with van der Waals surface area (Å²) in [6.07, 6.45) is 2.98. The summed E-state index contributed by atoms with van der Waals surface area (Å²) in [5.74, 6) is 1.30. The third kappa shape index (κ3) is 3.51. The standard InChI is InChI=1S/C13H17N7O2/c1-6(2)7-4-17-10(19-13(16)21)3-8(7)22-9-5-18-12(15)20-11(9)14/h3-6H,1-2H3,(H4,14,15,18,20)(H3,16,17,19,21). The molecule has 2 rings (SSSR count). The van der Waals surface area contributed by atoms with Crippen LogP contribution in [0, 0.1) is 0 Å². The Labute approximate surface area is 126 Å². The summed E-state index contributed by atoms with van der Waals surface area (Å²) in [6.45, 7) is 3.96. The molecule has 9 nitrogen and oxygen atoms in total. The summed E-state index contributed by atoms with van der Waals surface area (Å²) >= 11 is 0. The molecule has 0 spiro atoms. The average Bonchev–Trinajstić information content (AvgIpc) is 2.41. The monoisotopic (exact) mass is 303 g/mol. The van der Waals surface area contributed by atoms with E-state index >= 15 is 0 Å². The molecule has 0 aromatic carbocycles. The van der Waals surface area contributed by atoms with Crippen LogP contribution in [-0.2, 0) is 0 Å². The fourth-order valence-electron chi connectivity index (χ4n) is 1.76. The van der Waals surface area contributed by atoms with Crippen molar-refractivity contribution in [1.29, 1.82) is 0 Å². The van der Waals surface area contributed by atoms with Crippen molar-refractivity contribution in [1.82, 2.24) is 15.0 Å². The predicted molar refractivity (Wildman–Crippen MR) is 82.5 cm³/mol. The minimum absolute atomic E-state index is 0.0553. The number of carbonyl (C=O) groups is 1. The zero-order valence-electron chi connectivity index (χ0n) is 12.2. The molecule has 0 bridgehead atoms. The lowest BCUT2D eigenvalue weighted by Gasteiger charge is -2.15. The highest BCUT2D eigenvalue weighted by atomic mass is 16.5. The highest BCUT2D eigenvalue weighted by Gasteiger charge is 2.14. The maximum absolute atomic E-state index is 10.9. The Morgan fingerprint density at radius 2 is 1.95 bits per heavy atom. The van der Waals surface area contributed by atoms with Crippen molar-refractivity contribution in [2.24, 2.45) is 5.73 Å². The molecule has 0 saturated heterocycles. The lowest BCUT2D eigenvalue weighted by molar-refractivity contribution is 0.259. The van der Waals surface area contributed by atoms with Crippen LogP contribution in [0.4, 0.5) is 22.4 Å². The number of amides is 2. The second kappa shape index (κ2) is 6.12. The van der Waals surface area contributed by atoms with Gasteiger partial charge in [-0.1, -0.05) is 13.8 Å². The summed E-state index contributed by atoms with van der Waals surface area (Å²) in [5, 5.41) is 2.39. The van der Waals surface area contributed by atoms with Crippen molar-refractivity contribution < 1.29 is 9.53 Å². The Morgan fingerprint density at radius 1 is 1.23 bits per heavy atom. The van der Waals surface area contributed by atoms with Gasteiger partial charge in [0.05, 0.1) is 6.20 Å². The van der Waals surface area contributed by atoms with Gasteiger partial charge in [-0.3, -0.25) is 5.32 Å². The van der Waals surface area contributed by atoms with Gasteiger partial charge in [0.25, 0.3) is 0 Å². The second-order valence-electron chi connectivity index (χ2n) is 4.83. The fourth-order valence-corrected chi connectivity index (χ4v) is 1.76. The Balaban J connectivity index is 2.39. The van der Waals surface area contributed by atoms with Crippen LogP contribution in [0.2, 0.25) is 0 Å². The Hall–Kier alpha value is -3.10. The number of nitrogens with one attached hydrogen (secondary N) is 1. The van der Waals surface area contributed by atoms with Crippen molar-refractivity contribution >= 4 is 23.6 Å². The topological polar surface area (TPSA) is 155 Å². The normalized spacial score (nSPS) is 10.5. The van der Waals surface area contributed by atoms with E-state index < -0.39 is 6.03 Å². The van der Waals surface area contributed by atoms with Crippen molar-refractivity contribution in [2.45, 2.75) is 19.8 Å². The van der Waals surface area contributed by atoms with E-state index in [9.17, 15) is 4.79 Å². The van der Waals surface area contributed by atoms with Crippen LogP contribution >= 0.6 is 0 Å². The number of nitrogens with zero attached hydrogens (tertiary/aromatic N) is 3. The van der Waals surface area contributed by atoms with Crippen molar-refractivity contribution in [3.8, 4) is 11.5 Å². The predicted octanol–water partition coefficient (Wildman–Crippen LogP) is 1.44. The minimum Gasteiger partial charge on any atom is -0.451 e. The molecule has 0 radical (unpaired) electrons. The molecule has 0 fully saturated rings. The zero-order chi connectivity index (χ0) is 16.3. The molecule has 2 aromatic rings. The maximum Gasteiger partial charge on any atom is 0.317 e. The van der Waals surface area contributed by atoms with Gasteiger partial charge in [-0.2, -0.15) is 4.98 Å². The number of pyridine rings is 1. The van der Waals surface area contributed by atoms with Gasteiger partial charge in [0.2, 0.25) is 5.95 Å². The van der Waals surface area contributed by atoms with Gasteiger partial charge in [-0.05, 0) is 5.92 Å². The molecule has 7 N–H and O–H groups in total. The number of carbonyl (C=O) groups excluding carboxylic acids is 1. The van der Waals surface area contributed by atoms with Crippen LogP contribution in [-0.4, -0.2) is 21.0 Å². The van der Waals surface area contributed by atoms with Crippen LogP contribution in [0.1, 0.15) is 25.3 Å². The molecule has 0 saturated carbocycles. The number of primary amides is 1. The fraction of sp³-hybridized carbons (Fsp3) is 0.231. The number of aromatic nitrogens is 3. The van der Waals surface area contributed by atoms with E-state index in [1.165, 1.54) is 6.20 Å². The average molecular weight is 303 g/mol. The van der Waals surface area contributed by atoms with Gasteiger partial charge in [0.1, 0.15) is 11.6 Å². The third-order valence-corrected chi connectivity index (χ3v) is 2.79. The summed E-state index contributed by atoms with van der Waals surface area (Å²) in [7, 11) is 0. The first-order chi connectivity index (χ1) is 10.4. The largest absolute Gasteiger partial charge is 0.451 e. The van der Waals surface area contributed by atoms with E-state index in [2.05, 4.69) is 20.3 Å². The van der Waals surface area contributed by atoms with Crippen molar-refractivity contribution in [3.05, 3.63) is 24.0 Å². The molecular formula is C13H17N7O2. The molecule has 0 atom stereocenters. The van der Waals surface area contributed by atoms with Gasteiger partial charge < -0.3 is 21.9 Å². The summed E-state index contributed by atoms with van der Waals surface area (Å²) in [5.41, 5.74) is 17.1. The van der Waals surface area contributed by atoms with Gasteiger partial charge in [-0.15, -0.1) is 0 Å². The molecule has 2 aromatic heterocycles. The summed E-state index contributed by atoms with van der Waals surface area (Å²) < 4.78 is 5.74. The van der Waals surface area contributed by atoms with Crippen molar-refractivity contribution in [3.63, 3.8) is 0 Å². The number of hydrogen-bond acceptors (Lipinski definition) is 7. The highest BCUT2D eigenvalue weighted by molar-refractivity contribution is 5.86. The first-order valence-corrected chi connectivity index (χ1v) is 6.49. The molecule has 2 heterocycles. The number of hydrogen-bond donors (Lipinski definition) is 4. The second-order valence-corrected chi connectivity index (χ2v) is 4.83. The van der Waals surface area contributed by atoms with Crippen LogP contribution in [0.25, 0.3) is 0 Å². The van der Waals surface area contributed by atoms with Crippen molar-refractivity contribution in [2.75, 3.05) is 16.8 Å². The molecule has 22 heavy (non-hydrogen) atoms. The van der Waals surface area contributed by atoms with Gasteiger partial charge >= 0.3 is 6.03 Å². The zero-order valence-corrected chi connectivity index (χ0v) is 12.2. The number of anilines is 3. The molecule has 0 aliphatic heterocycles. The summed E-state index contributed by atoms with van der Waals surface area (Å²) in [4.78, 5) is 22.7. The molecule has 0 unspecified atom stereocenters. The Bertz CT molecular complexity index is 703. The lowest BCUT2D eigenvalue weighted by atomic mass is 10.0. The SMILES string of the molecule is CC(C)c1cnc(NC(N)=O)cc1Oc1cnc(N)nc1N. The van der Waals surface area contributed by atoms with Crippen LogP contribution in [0.5, 0.6) is 11.5 Å². The van der Waals surface area contributed by atoms with Gasteiger partial charge in [0.15, 0.2) is 11.6 Å². The minimum atomic E-state index is -0.717. The highest BCUT2D eigenvalue weighted by Crippen LogP contribution is 2.33. The summed E-state index contributed by atoms with van der Waals surface area (Å²) in [6, 6.07) is 0.835.